The van der Waals surface area contributed by atoms with Crippen LogP contribution >= 0.6 is 0 Å². The Kier molecular flexibility index (Phi) is 3.14. The number of hydrogen-bond acceptors (Lipinski definition) is 2. The lowest BCUT2D eigenvalue weighted by molar-refractivity contribution is 0.256. The van der Waals surface area contributed by atoms with Gasteiger partial charge in [0, 0.05) is 17.9 Å². The molecule has 0 bridgehead atoms. The van der Waals surface area contributed by atoms with E-state index in [0.29, 0.717) is 5.82 Å². The molecule has 0 aliphatic heterocycles. The van der Waals surface area contributed by atoms with E-state index in [-0.39, 0.29) is 12.1 Å². The van der Waals surface area contributed by atoms with Crippen LogP contribution in [0.5, 0.6) is 0 Å². The number of carbonyl (C=O) groups excluding carboxylic acids is 1. The van der Waals surface area contributed by atoms with Crippen LogP contribution in [-0.4, -0.2) is 17.1 Å². The lowest BCUT2D eigenvalue weighted by Crippen LogP contribution is -2.37. The number of para-hydroxylation sites is 1. The normalized spacial score (nSPS) is 13.9. The third kappa shape index (κ3) is 2.73. The SMILES string of the molecule is O=C(Nc1ccccc1)N(c1ccccn1)C1CC1. The summed E-state index contributed by atoms with van der Waals surface area (Å²) in [5, 5.41) is 2.91. The third-order valence-electron chi connectivity index (χ3n) is 3.05. The molecule has 2 amide bonds. The van der Waals surface area contributed by atoms with Crippen molar-refractivity contribution in [3.8, 4) is 0 Å². The van der Waals surface area contributed by atoms with Crippen molar-refractivity contribution >= 4 is 17.5 Å². The van der Waals surface area contributed by atoms with Crippen molar-refractivity contribution < 1.29 is 4.79 Å². The number of nitrogens with one attached hydrogen (secondary N) is 1. The fourth-order valence-electron chi connectivity index (χ4n) is 1.99. The van der Waals surface area contributed by atoms with Gasteiger partial charge in [-0.25, -0.2) is 9.78 Å². The van der Waals surface area contributed by atoms with Crippen molar-refractivity contribution in [2.45, 2.75) is 18.9 Å². The van der Waals surface area contributed by atoms with Gasteiger partial charge in [-0.2, -0.15) is 0 Å². The van der Waals surface area contributed by atoms with E-state index in [1.54, 1.807) is 11.1 Å². The number of nitrogens with zero attached hydrogens (tertiary/aromatic N) is 2. The van der Waals surface area contributed by atoms with Gasteiger partial charge in [0.15, 0.2) is 0 Å². The zero-order chi connectivity index (χ0) is 13.1. The van der Waals surface area contributed by atoms with E-state index in [1.807, 2.05) is 48.5 Å². The molecule has 96 valence electrons. The molecule has 0 radical (unpaired) electrons. The Hall–Kier alpha value is -2.36. The Balaban J connectivity index is 1.79. The summed E-state index contributed by atoms with van der Waals surface area (Å²) in [6.07, 6.45) is 3.79. The van der Waals surface area contributed by atoms with Crippen LogP contribution in [0, 0.1) is 0 Å². The Morgan fingerprint density at radius 2 is 1.84 bits per heavy atom. The molecule has 0 saturated heterocycles. The van der Waals surface area contributed by atoms with Crippen molar-refractivity contribution in [1.29, 1.82) is 0 Å². The average molecular weight is 253 g/mol. The Bertz CT molecular complexity index is 552. The molecule has 1 aromatic carbocycles. The van der Waals surface area contributed by atoms with Gasteiger partial charge in [0.2, 0.25) is 0 Å². The minimum atomic E-state index is -0.118. The van der Waals surface area contributed by atoms with Gasteiger partial charge in [-0.05, 0) is 37.1 Å². The third-order valence-corrected chi connectivity index (χ3v) is 3.05. The van der Waals surface area contributed by atoms with Crippen molar-refractivity contribution in [3.63, 3.8) is 0 Å². The van der Waals surface area contributed by atoms with Gasteiger partial charge in [-0.3, -0.25) is 4.90 Å². The van der Waals surface area contributed by atoms with Gasteiger partial charge in [0.05, 0.1) is 0 Å². The first-order valence-electron chi connectivity index (χ1n) is 6.41. The number of aromatic nitrogens is 1. The van der Waals surface area contributed by atoms with Gasteiger partial charge < -0.3 is 5.32 Å². The van der Waals surface area contributed by atoms with Gasteiger partial charge >= 0.3 is 6.03 Å². The highest BCUT2D eigenvalue weighted by atomic mass is 16.2. The number of urea groups is 1. The molecule has 1 saturated carbocycles. The van der Waals surface area contributed by atoms with Crippen LogP contribution in [0.1, 0.15) is 12.8 Å². The van der Waals surface area contributed by atoms with E-state index in [9.17, 15) is 4.79 Å². The molecule has 0 unspecified atom stereocenters. The standard InChI is InChI=1S/C15H15N3O/c19-15(17-12-6-2-1-3-7-12)18(13-9-10-13)14-8-4-5-11-16-14/h1-8,11,13H,9-10H2,(H,17,19). The summed E-state index contributed by atoms with van der Waals surface area (Å²) in [5.74, 6) is 0.707. The Labute approximate surface area is 112 Å². The molecule has 2 aromatic rings. The van der Waals surface area contributed by atoms with Crippen molar-refractivity contribution in [2.75, 3.05) is 10.2 Å². The second kappa shape index (κ2) is 5.10. The predicted molar refractivity (Wildman–Crippen MR) is 75.2 cm³/mol. The molecule has 4 heteroatoms. The number of rotatable bonds is 3. The monoisotopic (exact) mass is 253 g/mol. The molecule has 3 rings (SSSR count). The van der Waals surface area contributed by atoms with Crippen LogP contribution in [0.4, 0.5) is 16.3 Å². The number of pyridine rings is 1. The summed E-state index contributed by atoms with van der Waals surface area (Å²) in [7, 11) is 0. The smallest absolute Gasteiger partial charge is 0.307 e. The van der Waals surface area contributed by atoms with Gasteiger partial charge in [0.1, 0.15) is 5.82 Å². The van der Waals surface area contributed by atoms with Crippen molar-refractivity contribution in [1.82, 2.24) is 4.98 Å². The van der Waals surface area contributed by atoms with Crippen LogP contribution < -0.4 is 10.2 Å². The highest BCUT2D eigenvalue weighted by Gasteiger charge is 2.34. The zero-order valence-corrected chi connectivity index (χ0v) is 10.5. The maximum absolute atomic E-state index is 12.4. The van der Waals surface area contributed by atoms with Crippen LogP contribution in [0.2, 0.25) is 0 Å². The summed E-state index contributed by atoms with van der Waals surface area (Å²) < 4.78 is 0. The molecule has 1 heterocycles. The molecular weight excluding hydrogens is 238 g/mol. The van der Waals surface area contributed by atoms with Crippen molar-refractivity contribution in [3.05, 3.63) is 54.7 Å². The first kappa shape index (κ1) is 11.7. The average Bonchev–Trinajstić information content (AvgIpc) is 3.26. The maximum Gasteiger partial charge on any atom is 0.327 e. The molecule has 1 N–H and O–H groups in total. The Morgan fingerprint density at radius 3 is 2.47 bits per heavy atom. The predicted octanol–water partition coefficient (Wildman–Crippen LogP) is 3.28. The molecule has 0 spiro atoms. The molecule has 1 aromatic heterocycles. The first-order valence-corrected chi connectivity index (χ1v) is 6.41. The van der Waals surface area contributed by atoms with Gasteiger partial charge in [-0.1, -0.05) is 24.3 Å². The number of amides is 2. The number of benzene rings is 1. The zero-order valence-electron chi connectivity index (χ0n) is 10.5. The van der Waals surface area contributed by atoms with Gasteiger partial charge in [0.25, 0.3) is 0 Å². The summed E-state index contributed by atoms with van der Waals surface area (Å²) in [4.78, 5) is 18.4. The second-order valence-corrected chi connectivity index (χ2v) is 4.59. The number of carbonyl (C=O) groups is 1. The molecule has 1 fully saturated rings. The first-order chi connectivity index (χ1) is 9.34. The fraction of sp³-hybridized carbons (Fsp3) is 0.200. The summed E-state index contributed by atoms with van der Waals surface area (Å²) in [6.45, 7) is 0. The Morgan fingerprint density at radius 1 is 1.11 bits per heavy atom. The summed E-state index contributed by atoms with van der Waals surface area (Å²) in [5.41, 5.74) is 0.800. The molecule has 4 nitrogen and oxygen atoms in total. The summed E-state index contributed by atoms with van der Waals surface area (Å²) in [6, 6.07) is 15.2. The topological polar surface area (TPSA) is 45.2 Å². The van der Waals surface area contributed by atoms with Gasteiger partial charge in [-0.15, -0.1) is 0 Å². The largest absolute Gasteiger partial charge is 0.327 e. The molecule has 19 heavy (non-hydrogen) atoms. The van der Waals surface area contributed by atoms with E-state index in [1.165, 1.54) is 0 Å². The quantitative estimate of drug-likeness (QED) is 0.912. The lowest BCUT2D eigenvalue weighted by atomic mass is 10.3. The van der Waals surface area contributed by atoms with Crippen LogP contribution in [0.15, 0.2) is 54.7 Å². The highest BCUT2D eigenvalue weighted by molar-refractivity contribution is 6.01. The van der Waals surface area contributed by atoms with E-state index in [0.717, 1.165) is 18.5 Å². The minimum Gasteiger partial charge on any atom is -0.307 e. The van der Waals surface area contributed by atoms with E-state index < -0.39 is 0 Å². The molecule has 0 atom stereocenters. The van der Waals surface area contributed by atoms with E-state index in [2.05, 4.69) is 10.3 Å². The molecule has 1 aliphatic carbocycles. The number of anilines is 2. The summed E-state index contributed by atoms with van der Waals surface area (Å²) >= 11 is 0. The van der Waals surface area contributed by atoms with E-state index in [4.69, 9.17) is 0 Å². The second-order valence-electron chi connectivity index (χ2n) is 4.59. The lowest BCUT2D eigenvalue weighted by Gasteiger charge is -2.21. The van der Waals surface area contributed by atoms with Crippen LogP contribution in [-0.2, 0) is 0 Å². The van der Waals surface area contributed by atoms with E-state index >= 15 is 0 Å². The number of hydrogen-bond donors (Lipinski definition) is 1. The van der Waals surface area contributed by atoms with Crippen molar-refractivity contribution in [2.24, 2.45) is 0 Å². The fourth-order valence-corrected chi connectivity index (χ4v) is 1.99. The highest BCUT2D eigenvalue weighted by Crippen LogP contribution is 2.31. The maximum atomic E-state index is 12.4. The van der Waals surface area contributed by atoms with Crippen LogP contribution in [0.3, 0.4) is 0 Å². The molecular formula is C15H15N3O. The molecule has 1 aliphatic rings. The van der Waals surface area contributed by atoms with Crippen LogP contribution in [0.25, 0.3) is 0 Å². The minimum absolute atomic E-state index is 0.118.